The van der Waals surface area contributed by atoms with E-state index < -0.39 is 113 Å². The summed E-state index contributed by atoms with van der Waals surface area (Å²) in [6.45, 7) is 12.9. The van der Waals surface area contributed by atoms with Crippen LogP contribution in [0, 0.1) is 5.92 Å². The minimum Gasteiger partial charge on any atom is -0.495 e. The van der Waals surface area contributed by atoms with Crippen LogP contribution in [0.2, 0.25) is 5.02 Å². The van der Waals surface area contributed by atoms with E-state index in [0.29, 0.717) is 61.5 Å². The van der Waals surface area contributed by atoms with Gasteiger partial charge in [0.25, 0.3) is 0 Å². The molecule has 5 rings (SSSR count). The number of benzene rings is 1. The summed E-state index contributed by atoms with van der Waals surface area (Å²) in [7, 11) is 5.92. The smallest absolute Gasteiger partial charge is 0.409 e. The molecule has 12 atom stereocenters. The molecule has 25 nitrogen and oxygen atoms in total. The van der Waals surface area contributed by atoms with Crippen molar-refractivity contribution in [2.75, 3.05) is 57.1 Å². The van der Waals surface area contributed by atoms with Crippen LogP contribution in [-0.4, -0.2) is 197 Å². The molecule has 0 saturated carbocycles. The maximum Gasteiger partial charge on any atom is 0.409 e. The monoisotopic (exact) mass is 1300 g/mol. The highest BCUT2D eigenvalue weighted by Gasteiger charge is 2.64. The Morgan fingerprint density at radius 3 is 2.22 bits per heavy atom. The summed E-state index contributed by atoms with van der Waals surface area (Å²) in [5.41, 5.74) is -1.17. The minimum absolute atomic E-state index is 0.0148. The molecular weight excluding hydrogens is 1220 g/mol. The first kappa shape index (κ1) is 73.5. The largest absolute Gasteiger partial charge is 0.495 e. The Kier molecular flexibility index (Phi) is 27.8. The second-order valence-corrected chi connectivity index (χ2v) is 26.2. The number of ketones is 1. The summed E-state index contributed by atoms with van der Waals surface area (Å²) in [5, 5.41) is 24.5. The lowest BCUT2D eigenvalue weighted by molar-refractivity contribution is -0.162. The van der Waals surface area contributed by atoms with E-state index in [-0.39, 0.29) is 79.5 Å². The number of likely N-dealkylation sites (tertiary alicyclic amines) is 1. The Morgan fingerprint density at radius 1 is 0.888 bits per heavy atom. The first-order valence-corrected chi connectivity index (χ1v) is 32.6. The van der Waals surface area contributed by atoms with Crippen LogP contribution < -0.4 is 36.2 Å². The molecule has 4 heterocycles. The number of fused-ring (bicyclic) bond motifs is 5. The number of aliphatic hydroxyl groups is 1. The van der Waals surface area contributed by atoms with Gasteiger partial charge in [0.1, 0.15) is 64.6 Å². The van der Waals surface area contributed by atoms with Gasteiger partial charge in [-0.2, -0.15) is 0 Å². The van der Waals surface area contributed by atoms with Gasteiger partial charge in [0.2, 0.25) is 47.3 Å². The number of methoxy groups -OCH3 is 2. The van der Waals surface area contributed by atoms with Gasteiger partial charge in [0.15, 0.2) is 5.72 Å². The summed E-state index contributed by atoms with van der Waals surface area (Å²) < 4.78 is 29.5. The van der Waals surface area contributed by atoms with Crippen LogP contribution in [0.3, 0.4) is 0 Å². The zero-order chi connectivity index (χ0) is 66.1. The third-order valence-corrected chi connectivity index (χ3v) is 18.9. The molecule has 0 aliphatic carbocycles. The predicted octanol–water partition coefficient (Wildman–Crippen LogP) is 4.41. The SMILES string of the molecule is COc1cc2cc(c1Cl)N(C)C(=O)C[C@H](OC(=O)[C@H](C)N(C)C(=O)CCCCCSCNC(=O)[C@H](C)NC(=O)[C@@H](C)NC(=O)[C@H](C)NC(=O)CCCSC1CC(=O)N(CCCC(C)=O)C1=O)[C@]1(C)O[C@H]1[C@H](C)[C@@H]1C[C@@](O)(NC(=O)O1)[C@H](OC)/C=C/C=C(\C)C2. The predicted molar refractivity (Wildman–Crippen MR) is 334 cm³/mol. The topological polar surface area (TPSA) is 327 Å². The molecule has 28 heteroatoms. The Balaban J connectivity index is 1.04. The number of imide groups is 1. The van der Waals surface area contributed by atoms with E-state index in [1.165, 1.54) is 94.1 Å². The maximum atomic E-state index is 14.4. The number of anilines is 1. The maximum absolute atomic E-state index is 14.4. The van der Waals surface area contributed by atoms with Crippen molar-refractivity contribution in [2.24, 2.45) is 5.92 Å². The number of amides is 9. The molecule has 89 heavy (non-hydrogen) atoms. The molecule has 1 aromatic rings. The van der Waals surface area contributed by atoms with Crippen LogP contribution in [0.25, 0.3) is 0 Å². The molecule has 4 bridgehead atoms. The molecular formula is C61H89ClN8O17S2. The van der Waals surface area contributed by atoms with Crippen molar-refractivity contribution in [3.63, 3.8) is 0 Å². The number of epoxide rings is 1. The van der Waals surface area contributed by atoms with E-state index in [2.05, 4.69) is 26.6 Å². The number of nitrogens with one attached hydrogen (secondary N) is 5. The normalized spacial score (nSPS) is 25.9. The van der Waals surface area contributed by atoms with Gasteiger partial charge in [-0.1, -0.05) is 48.7 Å². The van der Waals surface area contributed by atoms with E-state index in [1.807, 2.05) is 13.0 Å². The van der Waals surface area contributed by atoms with E-state index in [9.17, 15) is 57.8 Å². The number of hydrogen-bond acceptors (Lipinski definition) is 19. The number of esters is 1. The second kappa shape index (κ2) is 33.7. The Hall–Kier alpha value is -6.26. The highest BCUT2D eigenvalue weighted by Crippen LogP contribution is 2.49. The molecule has 4 aliphatic heterocycles. The van der Waals surface area contributed by atoms with Gasteiger partial charge in [-0.15, -0.1) is 23.5 Å². The zero-order valence-corrected chi connectivity index (χ0v) is 55.4. The first-order valence-electron chi connectivity index (χ1n) is 30.0. The molecule has 1 unspecified atom stereocenters. The number of hydrogen-bond donors (Lipinski definition) is 6. The van der Waals surface area contributed by atoms with Crippen molar-refractivity contribution in [3.05, 3.63) is 46.5 Å². The van der Waals surface area contributed by atoms with Crippen molar-refractivity contribution < 1.29 is 81.5 Å². The fraction of sp³-hybridized carbons (Fsp3) is 0.656. The van der Waals surface area contributed by atoms with Gasteiger partial charge < -0.3 is 64.7 Å². The average molecular weight is 1310 g/mol. The van der Waals surface area contributed by atoms with Gasteiger partial charge in [-0.3, -0.25) is 48.6 Å². The fourth-order valence-corrected chi connectivity index (χ4v) is 12.8. The molecule has 6 N–H and O–H groups in total. The van der Waals surface area contributed by atoms with Crippen molar-refractivity contribution in [2.45, 2.75) is 198 Å². The number of likely N-dealkylation sites (N-methyl/N-ethyl adjacent to an activating group) is 1. The molecule has 3 saturated heterocycles. The third kappa shape index (κ3) is 20.6. The number of nitrogens with zero attached hydrogens (tertiary/aromatic N) is 3. The summed E-state index contributed by atoms with van der Waals surface area (Å²) in [6, 6.07) is -0.503. The number of rotatable bonds is 28. The van der Waals surface area contributed by atoms with Crippen LogP contribution >= 0.6 is 35.1 Å². The molecule has 1 aromatic carbocycles. The number of Topliss-reactive ketones (excluding diaryl/α,β-unsaturated/α-hetero) is 1. The fourth-order valence-electron chi connectivity index (χ4n) is 10.5. The molecule has 3 fully saturated rings. The minimum atomic E-state index is -1.88. The van der Waals surface area contributed by atoms with E-state index in [0.717, 1.165) is 11.1 Å². The van der Waals surface area contributed by atoms with Gasteiger partial charge in [-0.05, 0) is 110 Å². The zero-order valence-electron chi connectivity index (χ0n) is 53.0. The van der Waals surface area contributed by atoms with Crippen molar-refractivity contribution >= 4 is 106 Å². The number of carbonyl (C=O) groups excluding carboxylic acids is 11. The number of unbranched alkanes of at least 4 members (excludes halogenated alkanes) is 2. The average Bonchev–Trinajstić information content (AvgIpc) is 1.60. The number of alkyl carbamates (subject to hydrolysis) is 1. The van der Waals surface area contributed by atoms with Crippen molar-refractivity contribution in [1.29, 1.82) is 0 Å². The number of halogens is 1. The molecule has 9 amide bonds. The van der Waals surface area contributed by atoms with E-state index in [4.69, 9.17) is 35.3 Å². The molecule has 494 valence electrons. The number of allylic oxidation sites excluding steroid dienone is 3. The van der Waals surface area contributed by atoms with Crippen LogP contribution in [-0.2, 0) is 73.3 Å². The van der Waals surface area contributed by atoms with Gasteiger partial charge in [0, 0.05) is 65.8 Å². The highest BCUT2D eigenvalue weighted by molar-refractivity contribution is 8.00. The van der Waals surface area contributed by atoms with Crippen LogP contribution in [0.5, 0.6) is 5.75 Å². The van der Waals surface area contributed by atoms with Crippen molar-refractivity contribution in [1.82, 2.24) is 36.4 Å². The standard InChI is InChI=1S/C61H89ClN8O17S2/c1-34-19-16-21-46(84-12)61(82)32-44(85-59(81)67-61)36(3)53-60(8,87-53)47(31-50(74)69(10)42-28-41(27-34)29-43(83-11)52(42)62)86-58(80)40(7)68(9)49(73)23-14-13-15-25-88-33-63-54(76)37(4)65-56(78)39(6)66-55(77)38(5)64-48(72)22-18-26-89-45-30-51(75)70(57(45)79)24-17-20-35(2)71/h16,19,21,28-29,36-40,44-47,53,82H,13-15,17-18,20,22-27,30-33H2,1-12H3,(H,63,76)(H,64,72)(H,65,78)(H,66,77)(H,67,81)/b21-16+,34-19+/t36-,37+,38+,39-,40+,44+,45?,46-,47+,53+,60+,61+/m1/s1. The van der Waals surface area contributed by atoms with Gasteiger partial charge in [-0.25, -0.2) is 9.59 Å². The Labute approximate surface area is 534 Å². The number of ether oxygens (including phenoxy) is 5. The lowest BCUT2D eigenvalue weighted by Gasteiger charge is -2.42. The van der Waals surface area contributed by atoms with Gasteiger partial charge >= 0.3 is 12.1 Å². The van der Waals surface area contributed by atoms with E-state index >= 15 is 0 Å². The molecule has 0 spiro atoms. The first-order chi connectivity index (χ1) is 41.9. The highest BCUT2D eigenvalue weighted by atomic mass is 35.5. The number of carbonyl (C=O) groups is 11. The van der Waals surface area contributed by atoms with Crippen LogP contribution in [0.1, 0.15) is 132 Å². The summed E-state index contributed by atoms with van der Waals surface area (Å²) in [4.78, 5) is 146. The Morgan fingerprint density at radius 2 is 1.56 bits per heavy atom. The second-order valence-electron chi connectivity index (χ2n) is 23.4. The summed E-state index contributed by atoms with van der Waals surface area (Å²) in [5.74, 6) is -3.22. The molecule has 0 radical (unpaired) electrons. The Bertz CT molecular complexity index is 2850. The summed E-state index contributed by atoms with van der Waals surface area (Å²) >= 11 is 9.55. The lowest BCUT2D eigenvalue weighted by Crippen LogP contribution is -2.63. The van der Waals surface area contributed by atoms with Crippen LogP contribution in [0.4, 0.5) is 10.5 Å². The van der Waals surface area contributed by atoms with Crippen molar-refractivity contribution in [3.8, 4) is 5.75 Å². The quantitative estimate of drug-likeness (QED) is 0.0222. The lowest BCUT2D eigenvalue weighted by atomic mass is 9.83. The van der Waals surface area contributed by atoms with E-state index in [1.54, 1.807) is 45.2 Å². The van der Waals surface area contributed by atoms with Crippen LogP contribution in [0.15, 0.2) is 35.9 Å². The summed E-state index contributed by atoms with van der Waals surface area (Å²) in [6.07, 6.45) is 3.61. The number of thioether (sulfide) groups is 2. The molecule has 4 aliphatic rings. The third-order valence-electron chi connectivity index (χ3n) is 16.3. The molecule has 0 aromatic heterocycles. The van der Waals surface area contributed by atoms with Gasteiger partial charge in [0.05, 0.1) is 36.4 Å².